The molecule has 0 aliphatic carbocycles. The number of carbonyl (C=O) groups excluding carboxylic acids is 3. The number of hydrogen-bond donors (Lipinski definition) is 3. The number of nitrogen functional groups attached to an aromatic ring is 1. The number of methoxy groups -OCH3 is 1. The molecule has 4 heterocycles. The average Bonchev–Trinajstić information content (AvgIpc) is 3.37. The molecule has 0 spiro atoms. The molecule has 31 heavy (non-hydrogen) atoms. The minimum atomic E-state index is -1.68. The van der Waals surface area contributed by atoms with E-state index in [0.29, 0.717) is 16.7 Å². The first-order valence-electron chi connectivity index (χ1n) is 9.13. The fourth-order valence-electron chi connectivity index (χ4n) is 3.85. The van der Waals surface area contributed by atoms with Crippen LogP contribution in [0.3, 0.4) is 0 Å². The number of benzene rings is 1. The van der Waals surface area contributed by atoms with Crippen molar-refractivity contribution < 1.29 is 23.5 Å². The first-order chi connectivity index (χ1) is 14.8. The Morgan fingerprint density at radius 2 is 2.10 bits per heavy atom. The number of anilines is 1. The molecule has 1 saturated heterocycles. The number of carbonyl (C=O) groups is 3. The van der Waals surface area contributed by atoms with Crippen LogP contribution in [0.1, 0.15) is 21.7 Å². The van der Waals surface area contributed by atoms with Gasteiger partial charge in [0.25, 0.3) is 11.8 Å². The van der Waals surface area contributed by atoms with Gasteiger partial charge in [-0.1, -0.05) is 17.7 Å². The minimum Gasteiger partial charge on any atom is -0.497 e. The molecule has 3 aromatic rings. The number of urea groups is 1. The van der Waals surface area contributed by atoms with E-state index in [1.807, 2.05) is 0 Å². The van der Waals surface area contributed by atoms with Gasteiger partial charge in [0.05, 0.1) is 19.0 Å². The Kier molecular flexibility index (Phi) is 4.05. The van der Waals surface area contributed by atoms with Crippen molar-refractivity contribution in [2.24, 2.45) is 0 Å². The zero-order chi connectivity index (χ0) is 21.9. The molecular weight excluding hydrogens is 428 g/mol. The van der Waals surface area contributed by atoms with Gasteiger partial charge in [-0.3, -0.25) is 14.9 Å². The number of rotatable bonds is 4. The normalized spacial score (nSPS) is 20.2. The molecule has 4 N–H and O–H groups in total. The van der Waals surface area contributed by atoms with Gasteiger partial charge in [0.2, 0.25) is 11.7 Å². The molecule has 0 saturated carbocycles. The molecule has 2 aromatic heterocycles. The van der Waals surface area contributed by atoms with Crippen molar-refractivity contribution in [1.82, 2.24) is 25.5 Å². The number of aromatic nitrogens is 2. The highest BCUT2D eigenvalue weighted by Crippen LogP contribution is 2.36. The second-order valence-corrected chi connectivity index (χ2v) is 7.56. The maximum absolute atomic E-state index is 13.0. The van der Waals surface area contributed by atoms with E-state index < -0.39 is 17.5 Å². The van der Waals surface area contributed by atoms with E-state index in [1.54, 1.807) is 18.2 Å². The standard InChI is InChI=1S/C19H15ClN6O5/c1-30-9-3-2-8-6-26(15(27)10(8)4-9)7-19(16(28)24-18(29)25-19)12-5-11-13(20)22-17(21)23-14(11)31-12/h2-5H,6-7H2,1H3,(H2,21,22,23)(H2,24,25,28,29). The summed E-state index contributed by atoms with van der Waals surface area (Å²) in [4.78, 5) is 47.3. The van der Waals surface area contributed by atoms with E-state index in [0.717, 1.165) is 5.56 Å². The molecular formula is C19H15ClN6O5. The summed E-state index contributed by atoms with van der Waals surface area (Å²) >= 11 is 6.12. The van der Waals surface area contributed by atoms with Crippen LogP contribution in [0.4, 0.5) is 10.7 Å². The lowest BCUT2D eigenvalue weighted by Gasteiger charge is -2.28. The van der Waals surface area contributed by atoms with E-state index in [2.05, 4.69) is 20.6 Å². The number of imide groups is 1. The molecule has 0 radical (unpaired) electrons. The molecule has 0 bridgehead atoms. The molecule has 2 aliphatic heterocycles. The van der Waals surface area contributed by atoms with Gasteiger partial charge in [-0.25, -0.2) is 9.78 Å². The van der Waals surface area contributed by atoms with Crippen LogP contribution in [0.2, 0.25) is 5.15 Å². The fraction of sp³-hybridized carbons (Fsp3) is 0.211. The van der Waals surface area contributed by atoms with Crippen molar-refractivity contribution in [3.63, 3.8) is 0 Å². The Morgan fingerprint density at radius 1 is 1.29 bits per heavy atom. The molecule has 4 amide bonds. The fourth-order valence-corrected chi connectivity index (χ4v) is 4.07. The number of nitrogens with two attached hydrogens (primary N) is 1. The summed E-state index contributed by atoms with van der Waals surface area (Å²) in [7, 11) is 1.51. The van der Waals surface area contributed by atoms with Crippen LogP contribution in [0.5, 0.6) is 5.75 Å². The van der Waals surface area contributed by atoms with E-state index in [1.165, 1.54) is 18.1 Å². The third-order valence-electron chi connectivity index (χ3n) is 5.35. The van der Waals surface area contributed by atoms with E-state index >= 15 is 0 Å². The molecule has 1 aromatic carbocycles. The molecule has 158 valence electrons. The number of ether oxygens (including phenoxy) is 1. The highest BCUT2D eigenvalue weighted by molar-refractivity contribution is 6.34. The quantitative estimate of drug-likeness (QED) is 0.402. The largest absolute Gasteiger partial charge is 0.497 e. The van der Waals surface area contributed by atoms with Gasteiger partial charge in [0.15, 0.2) is 5.54 Å². The maximum atomic E-state index is 13.0. The summed E-state index contributed by atoms with van der Waals surface area (Å²) in [6.07, 6.45) is 0. The number of furan rings is 1. The summed E-state index contributed by atoms with van der Waals surface area (Å²) < 4.78 is 10.9. The molecule has 12 heteroatoms. The molecule has 1 unspecified atom stereocenters. The predicted molar refractivity (Wildman–Crippen MR) is 107 cm³/mol. The van der Waals surface area contributed by atoms with Crippen LogP contribution >= 0.6 is 11.6 Å². The molecule has 1 atom stereocenters. The Bertz CT molecular complexity index is 1290. The van der Waals surface area contributed by atoms with Crippen LogP contribution in [0, 0.1) is 0 Å². The van der Waals surface area contributed by atoms with E-state index in [-0.39, 0.29) is 41.6 Å². The minimum absolute atomic E-state index is 0.0362. The van der Waals surface area contributed by atoms with Crippen molar-refractivity contribution in [3.8, 4) is 5.75 Å². The molecule has 11 nitrogen and oxygen atoms in total. The lowest BCUT2D eigenvalue weighted by atomic mass is 9.95. The first kappa shape index (κ1) is 19.1. The van der Waals surface area contributed by atoms with Crippen molar-refractivity contribution in [1.29, 1.82) is 0 Å². The lowest BCUT2D eigenvalue weighted by Crippen LogP contribution is -2.52. The third kappa shape index (κ3) is 2.85. The molecule has 5 rings (SSSR count). The summed E-state index contributed by atoms with van der Waals surface area (Å²) in [6.45, 7) is 0.0670. The second kappa shape index (κ2) is 6.57. The van der Waals surface area contributed by atoms with E-state index in [9.17, 15) is 14.4 Å². The average molecular weight is 443 g/mol. The van der Waals surface area contributed by atoms with Crippen LogP contribution in [-0.4, -0.2) is 46.4 Å². The monoisotopic (exact) mass is 442 g/mol. The summed E-state index contributed by atoms with van der Waals surface area (Å²) in [5.74, 6) is -0.491. The summed E-state index contributed by atoms with van der Waals surface area (Å²) in [5, 5.41) is 5.15. The Labute approximate surface area is 179 Å². The van der Waals surface area contributed by atoms with Gasteiger partial charge in [-0.05, 0) is 23.8 Å². The maximum Gasteiger partial charge on any atom is 0.322 e. The summed E-state index contributed by atoms with van der Waals surface area (Å²) in [6, 6.07) is 5.91. The third-order valence-corrected chi connectivity index (χ3v) is 5.64. The van der Waals surface area contributed by atoms with Crippen molar-refractivity contribution in [3.05, 3.63) is 46.3 Å². The lowest BCUT2D eigenvalue weighted by molar-refractivity contribution is -0.125. The molecule has 1 fully saturated rings. The Morgan fingerprint density at radius 3 is 2.81 bits per heavy atom. The van der Waals surface area contributed by atoms with Crippen LogP contribution in [0.25, 0.3) is 11.1 Å². The van der Waals surface area contributed by atoms with Crippen LogP contribution < -0.4 is 21.1 Å². The number of hydrogen-bond acceptors (Lipinski definition) is 8. The van der Waals surface area contributed by atoms with Crippen LogP contribution in [-0.2, 0) is 16.9 Å². The SMILES string of the molecule is COc1ccc2c(c1)C(=O)N(CC1(c3cc4c(Cl)nc(N)nc4o3)NC(=O)NC1=O)C2. The smallest absolute Gasteiger partial charge is 0.322 e. The highest BCUT2D eigenvalue weighted by Gasteiger charge is 2.53. The molecule has 2 aliphatic rings. The zero-order valence-electron chi connectivity index (χ0n) is 16.1. The van der Waals surface area contributed by atoms with Gasteiger partial charge in [0, 0.05) is 12.1 Å². The van der Waals surface area contributed by atoms with Gasteiger partial charge in [0.1, 0.15) is 16.7 Å². The van der Waals surface area contributed by atoms with Gasteiger partial charge in [-0.2, -0.15) is 4.98 Å². The van der Waals surface area contributed by atoms with Crippen molar-refractivity contribution in [2.45, 2.75) is 12.1 Å². The number of halogens is 1. The number of nitrogens with zero attached hydrogens (tertiary/aromatic N) is 3. The van der Waals surface area contributed by atoms with Gasteiger partial charge in [-0.15, -0.1) is 0 Å². The predicted octanol–water partition coefficient (Wildman–Crippen LogP) is 1.16. The van der Waals surface area contributed by atoms with Crippen LogP contribution in [0.15, 0.2) is 28.7 Å². The van der Waals surface area contributed by atoms with Crippen molar-refractivity contribution in [2.75, 3.05) is 19.4 Å². The Hall–Kier alpha value is -3.86. The first-order valence-corrected chi connectivity index (χ1v) is 9.51. The van der Waals surface area contributed by atoms with Crippen molar-refractivity contribution >= 4 is 46.5 Å². The Balaban J connectivity index is 1.57. The van der Waals surface area contributed by atoms with Gasteiger partial charge < -0.3 is 25.1 Å². The van der Waals surface area contributed by atoms with E-state index in [4.69, 9.17) is 26.5 Å². The zero-order valence-corrected chi connectivity index (χ0v) is 16.8. The highest BCUT2D eigenvalue weighted by atomic mass is 35.5. The summed E-state index contributed by atoms with van der Waals surface area (Å²) in [5.41, 5.74) is 5.23. The number of nitrogens with one attached hydrogen (secondary N) is 2. The number of amides is 4. The van der Waals surface area contributed by atoms with Gasteiger partial charge >= 0.3 is 6.03 Å². The topological polar surface area (TPSA) is 153 Å². The number of fused-ring (bicyclic) bond motifs is 2. The second-order valence-electron chi connectivity index (χ2n) is 7.20.